The molecule has 0 aliphatic heterocycles. The molecule has 0 heterocycles. The molecule has 25 heavy (non-hydrogen) atoms. The second-order valence-electron chi connectivity index (χ2n) is 5.98. The van der Waals surface area contributed by atoms with Crippen molar-refractivity contribution < 1.29 is 27.1 Å². The van der Waals surface area contributed by atoms with Crippen molar-refractivity contribution >= 4 is 21.9 Å². The van der Waals surface area contributed by atoms with Gasteiger partial charge in [0.25, 0.3) is 5.91 Å². The predicted octanol–water partition coefficient (Wildman–Crippen LogP) is 1.15. The van der Waals surface area contributed by atoms with Crippen LogP contribution >= 0.6 is 0 Å². The smallest absolute Gasteiger partial charge is 0.321 e. The number of benzene rings is 1. The van der Waals surface area contributed by atoms with Crippen LogP contribution in [-0.2, 0) is 24.3 Å². The Labute approximate surface area is 147 Å². The first kappa shape index (κ1) is 21.0. The molecule has 0 unspecified atom stereocenters. The summed E-state index contributed by atoms with van der Waals surface area (Å²) in [7, 11) is -2.76. The lowest BCUT2D eigenvalue weighted by atomic mass is 10.1. The van der Waals surface area contributed by atoms with Crippen molar-refractivity contribution in [2.45, 2.75) is 31.7 Å². The monoisotopic (exact) mass is 374 g/mol. The molecule has 140 valence electrons. The molecule has 1 atom stereocenters. The van der Waals surface area contributed by atoms with Crippen molar-refractivity contribution in [3.63, 3.8) is 0 Å². The van der Waals surface area contributed by atoms with E-state index in [0.29, 0.717) is 0 Å². The lowest BCUT2D eigenvalue weighted by molar-refractivity contribution is -0.148. The number of ether oxygens (including phenoxy) is 1. The molecule has 1 aromatic rings. The number of carbonyl (C=O) groups excluding carboxylic acids is 2. The summed E-state index contributed by atoms with van der Waals surface area (Å²) in [5.41, 5.74) is 0. The van der Waals surface area contributed by atoms with Gasteiger partial charge in [0.1, 0.15) is 12.4 Å². The molecule has 0 spiro atoms. The third-order valence-electron chi connectivity index (χ3n) is 3.63. The number of nitrogens with one attached hydrogen (secondary N) is 1. The maximum Gasteiger partial charge on any atom is 0.321 e. The Bertz CT molecular complexity index is 704. The van der Waals surface area contributed by atoms with Crippen LogP contribution in [0.4, 0.5) is 4.39 Å². The number of carbonyl (C=O) groups is 2. The molecule has 1 aromatic carbocycles. The van der Waals surface area contributed by atoms with Crippen LogP contribution < -0.4 is 5.32 Å². The summed E-state index contributed by atoms with van der Waals surface area (Å²) in [4.78, 5) is 23.2. The largest absolute Gasteiger partial charge is 0.455 e. The van der Waals surface area contributed by atoms with Crippen LogP contribution in [0.2, 0.25) is 0 Å². The van der Waals surface area contributed by atoms with E-state index in [-0.39, 0.29) is 16.9 Å². The van der Waals surface area contributed by atoms with Crippen LogP contribution in [0.25, 0.3) is 0 Å². The highest BCUT2D eigenvalue weighted by atomic mass is 32.2. The number of amides is 1. The summed E-state index contributed by atoms with van der Waals surface area (Å²) < 4.78 is 43.0. The zero-order valence-corrected chi connectivity index (χ0v) is 15.5. The van der Waals surface area contributed by atoms with Crippen LogP contribution in [-0.4, -0.2) is 50.8 Å². The van der Waals surface area contributed by atoms with Crippen molar-refractivity contribution in [2.75, 3.05) is 20.2 Å². The van der Waals surface area contributed by atoms with Gasteiger partial charge in [-0.05, 0) is 37.1 Å². The van der Waals surface area contributed by atoms with Gasteiger partial charge in [-0.2, -0.15) is 4.31 Å². The van der Waals surface area contributed by atoms with E-state index in [0.717, 1.165) is 28.6 Å². The summed E-state index contributed by atoms with van der Waals surface area (Å²) >= 11 is 0. The van der Waals surface area contributed by atoms with Gasteiger partial charge >= 0.3 is 5.97 Å². The third-order valence-corrected chi connectivity index (χ3v) is 5.44. The molecule has 0 aliphatic carbocycles. The molecule has 7 nitrogen and oxygen atoms in total. The molecule has 0 saturated heterocycles. The quantitative estimate of drug-likeness (QED) is 0.689. The van der Waals surface area contributed by atoms with Crippen molar-refractivity contribution in [3.8, 4) is 0 Å². The van der Waals surface area contributed by atoms with E-state index in [9.17, 15) is 22.4 Å². The predicted molar refractivity (Wildman–Crippen MR) is 89.6 cm³/mol. The lowest BCUT2D eigenvalue weighted by Gasteiger charge is -2.18. The molecule has 0 aliphatic rings. The van der Waals surface area contributed by atoms with Gasteiger partial charge < -0.3 is 10.1 Å². The molecule has 0 aromatic heterocycles. The van der Waals surface area contributed by atoms with Gasteiger partial charge in [-0.25, -0.2) is 12.8 Å². The van der Waals surface area contributed by atoms with E-state index in [2.05, 4.69) is 5.32 Å². The highest BCUT2D eigenvalue weighted by Crippen LogP contribution is 2.14. The van der Waals surface area contributed by atoms with E-state index in [1.165, 1.54) is 7.05 Å². The van der Waals surface area contributed by atoms with E-state index in [1.807, 2.05) is 20.8 Å². The Hall–Kier alpha value is -2.00. The van der Waals surface area contributed by atoms with Crippen LogP contribution in [0.15, 0.2) is 29.2 Å². The topological polar surface area (TPSA) is 92.8 Å². The molecule has 0 bridgehead atoms. The first-order valence-electron chi connectivity index (χ1n) is 7.71. The Balaban J connectivity index is 2.56. The van der Waals surface area contributed by atoms with Gasteiger partial charge in [-0.3, -0.25) is 9.59 Å². The zero-order chi connectivity index (χ0) is 19.2. The molecule has 0 saturated carbocycles. The number of likely N-dealkylation sites (N-methyl/N-ethyl adjacent to an activating group) is 1. The maximum absolute atomic E-state index is 12.9. The van der Waals surface area contributed by atoms with Gasteiger partial charge in [0, 0.05) is 13.1 Å². The summed E-state index contributed by atoms with van der Waals surface area (Å²) in [5, 5.41) is 2.67. The van der Waals surface area contributed by atoms with Gasteiger partial charge in [0.05, 0.1) is 4.90 Å². The minimum atomic E-state index is -3.95. The van der Waals surface area contributed by atoms with Crippen molar-refractivity contribution in [1.29, 1.82) is 0 Å². The summed E-state index contributed by atoms with van der Waals surface area (Å²) in [6.45, 7) is 4.65. The van der Waals surface area contributed by atoms with Gasteiger partial charge in [-0.1, -0.05) is 13.8 Å². The zero-order valence-electron chi connectivity index (χ0n) is 14.7. The van der Waals surface area contributed by atoms with E-state index < -0.39 is 40.9 Å². The number of halogens is 1. The van der Waals surface area contributed by atoms with Crippen molar-refractivity contribution in [1.82, 2.24) is 9.62 Å². The second kappa shape index (κ2) is 8.91. The van der Waals surface area contributed by atoms with Gasteiger partial charge in [-0.15, -0.1) is 0 Å². The number of hydrogen-bond donors (Lipinski definition) is 1. The van der Waals surface area contributed by atoms with E-state index >= 15 is 0 Å². The summed E-state index contributed by atoms with van der Waals surface area (Å²) in [5.74, 6) is -1.66. The Morgan fingerprint density at radius 2 is 1.76 bits per heavy atom. The number of sulfonamides is 1. The number of hydrogen-bond acceptors (Lipinski definition) is 5. The fourth-order valence-corrected chi connectivity index (χ4v) is 2.82. The fraction of sp³-hybridized carbons (Fsp3) is 0.500. The molecule has 0 radical (unpaired) electrons. The fourth-order valence-electron chi connectivity index (χ4n) is 1.71. The minimum absolute atomic E-state index is 0.0762. The minimum Gasteiger partial charge on any atom is -0.455 e. The molecular weight excluding hydrogens is 351 g/mol. The maximum atomic E-state index is 12.9. The average Bonchev–Trinajstić information content (AvgIpc) is 2.53. The van der Waals surface area contributed by atoms with Gasteiger partial charge in [0.2, 0.25) is 10.0 Å². The van der Waals surface area contributed by atoms with Crippen LogP contribution in [0, 0.1) is 11.7 Å². The van der Waals surface area contributed by atoms with Crippen LogP contribution in [0.1, 0.15) is 20.8 Å². The molecular formula is C16H23FN2O5S. The first-order chi connectivity index (χ1) is 11.5. The first-order valence-corrected chi connectivity index (χ1v) is 9.15. The van der Waals surface area contributed by atoms with Crippen molar-refractivity contribution in [3.05, 3.63) is 30.1 Å². The standard InChI is InChI=1S/C16H23FN2O5S/c1-11(2)12(3)18-15(20)10-24-16(21)9-19(4)25(22,23)14-7-5-13(17)6-8-14/h5-8,11-12H,9-10H2,1-4H3,(H,18,20)/t12-/m0/s1. The number of rotatable bonds is 8. The normalized spacial score (nSPS) is 12.9. The Morgan fingerprint density at radius 1 is 1.20 bits per heavy atom. The Morgan fingerprint density at radius 3 is 2.28 bits per heavy atom. The number of nitrogens with zero attached hydrogens (tertiary/aromatic N) is 1. The van der Waals surface area contributed by atoms with Crippen molar-refractivity contribution in [2.24, 2.45) is 5.92 Å². The summed E-state index contributed by atoms with van der Waals surface area (Å²) in [6.07, 6.45) is 0. The highest BCUT2D eigenvalue weighted by molar-refractivity contribution is 7.89. The molecule has 1 rings (SSSR count). The summed E-state index contributed by atoms with van der Waals surface area (Å²) in [6, 6.07) is 4.16. The lowest BCUT2D eigenvalue weighted by Crippen LogP contribution is -2.40. The molecule has 1 N–H and O–H groups in total. The van der Waals surface area contributed by atoms with Crippen LogP contribution in [0.5, 0.6) is 0 Å². The SMILES string of the molecule is CC(C)[C@H](C)NC(=O)COC(=O)CN(C)S(=O)(=O)c1ccc(F)cc1. The molecule has 0 fully saturated rings. The van der Waals surface area contributed by atoms with E-state index in [4.69, 9.17) is 4.74 Å². The molecule has 1 amide bonds. The van der Waals surface area contributed by atoms with E-state index in [1.54, 1.807) is 0 Å². The van der Waals surface area contributed by atoms with Crippen LogP contribution in [0.3, 0.4) is 0 Å². The average molecular weight is 374 g/mol. The third kappa shape index (κ3) is 6.43. The molecule has 9 heteroatoms. The highest BCUT2D eigenvalue weighted by Gasteiger charge is 2.24. The Kier molecular flexibility index (Phi) is 7.50. The number of esters is 1. The second-order valence-corrected chi connectivity index (χ2v) is 8.02. The van der Waals surface area contributed by atoms with Gasteiger partial charge in [0.15, 0.2) is 6.61 Å².